The van der Waals surface area contributed by atoms with E-state index in [4.69, 9.17) is 14.7 Å². The number of benzene rings is 2. The maximum absolute atomic E-state index is 12.4. The first-order valence-electron chi connectivity index (χ1n) is 14.5. The zero-order valence-electron chi connectivity index (χ0n) is 24.2. The van der Waals surface area contributed by atoms with E-state index in [0.717, 1.165) is 29.5 Å². The molecule has 1 aliphatic rings. The molecular formula is C32H37N3O8S. The number of carboxylic acid groups (broad SMARTS) is 1. The number of aromatic carboxylic acids is 1. The molecule has 4 rings (SSSR count). The number of carbonyl (C=O) groups excluding carboxylic acids is 2. The van der Waals surface area contributed by atoms with Crippen molar-refractivity contribution in [2.45, 2.75) is 75.1 Å². The Morgan fingerprint density at radius 2 is 1.57 bits per heavy atom. The Morgan fingerprint density at radius 3 is 2.23 bits per heavy atom. The topological polar surface area (TPSA) is 167 Å². The number of amides is 2. The van der Waals surface area contributed by atoms with E-state index in [-0.39, 0.29) is 36.7 Å². The quantitative estimate of drug-likeness (QED) is 0.0640. The van der Waals surface area contributed by atoms with Crippen LogP contribution in [0.15, 0.2) is 71.9 Å². The SMILES string of the molecule is O=C(CCCCCCC(=O)Nc1ccc([C@H]2O[C@@H](CSc3ncccc3C(=O)O)C[C@@H](c3ccc(CO)cc3)O2)cc1)NO. The normalized spacial score (nSPS) is 18.0. The van der Waals surface area contributed by atoms with E-state index < -0.39 is 18.2 Å². The molecule has 1 aromatic heterocycles. The highest BCUT2D eigenvalue weighted by Crippen LogP contribution is 2.39. The molecule has 2 heterocycles. The smallest absolute Gasteiger partial charge is 0.338 e. The number of aliphatic hydroxyl groups excluding tert-OH is 1. The fraction of sp³-hybridized carbons (Fsp3) is 0.375. The number of thioether (sulfide) groups is 1. The second-order valence-electron chi connectivity index (χ2n) is 10.4. The largest absolute Gasteiger partial charge is 0.478 e. The molecule has 1 aliphatic heterocycles. The number of aromatic nitrogens is 1. The Bertz CT molecular complexity index is 1390. The lowest BCUT2D eigenvalue weighted by Crippen LogP contribution is -2.31. The van der Waals surface area contributed by atoms with Crippen LogP contribution in [0.5, 0.6) is 0 Å². The fourth-order valence-electron chi connectivity index (χ4n) is 4.79. The molecule has 0 spiro atoms. The molecular weight excluding hydrogens is 586 g/mol. The highest BCUT2D eigenvalue weighted by molar-refractivity contribution is 7.99. The van der Waals surface area contributed by atoms with Gasteiger partial charge in [-0.05, 0) is 48.2 Å². The van der Waals surface area contributed by atoms with Gasteiger partial charge in [0.2, 0.25) is 11.8 Å². The number of hydrogen-bond donors (Lipinski definition) is 5. The van der Waals surface area contributed by atoms with Crippen LogP contribution in [-0.4, -0.2) is 50.0 Å². The Labute approximate surface area is 260 Å². The summed E-state index contributed by atoms with van der Waals surface area (Å²) < 4.78 is 12.7. The molecule has 2 aromatic carbocycles. The summed E-state index contributed by atoms with van der Waals surface area (Å²) in [4.78, 5) is 39.3. The summed E-state index contributed by atoms with van der Waals surface area (Å²) in [6.07, 6.45) is 4.41. The summed E-state index contributed by atoms with van der Waals surface area (Å²) in [6, 6.07) is 18.0. The Morgan fingerprint density at radius 1 is 0.886 bits per heavy atom. The van der Waals surface area contributed by atoms with Crippen molar-refractivity contribution in [1.82, 2.24) is 10.5 Å². The predicted octanol–water partition coefficient (Wildman–Crippen LogP) is 5.39. The number of unbranched alkanes of at least 4 members (excludes halogenated alkanes) is 3. The number of rotatable bonds is 15. The van der Waals surface area contributed by atoms with Crippen molar-refractivity contribution in [3.8, 4) is 0 Å². The van der Waals surface area contributed by atoms with Crippen LogP contribution in [0.4, 0.5) is 5.69 Å². The number of nitrogens with zero attached hydrogens (tertiary/aromatic N) is 1. The first kappa shape index (κ1) is 33.1. The molecule has 44 heavy (non-hydrogen) atoms. The fourth-order valence-corrected chi connectivity index (χ4v) is 5.80. The predicted molar refractivity (Wildman–Crippen MR) is 163 cm³/mol. The standard InChI is InChI=1S/C32H37N3O8S/c36-19-21-9-11-22(12-10-21)27-18-25(20-44-30-26(31(39)40)6-5-17-33-30)42-32(43-27)23-13-15-24(16-14-23)34-28(37)7-3-1-2-4-8-29(38)35-41/h5-6,9-17,25,27,32,36,41H,1-4,7-8,18-20H2,(H,34,37)(H,35,38)(H,39,40)/t25-,27+,32+/m1/s1. The lowest BCUT2D eigenvalue weighted by atomic mass is 10.0. The second-order valence-corrected chi connectivity index (χ2v) is 11.5. The van der Waals surface area contributed by atoms with Crippen LogP contribution in [0.2, 0.25) is 0 Å². The van der Waals surface area contributed by atoms with Gasteiger partial charge in [-0.3, -0.25) is 14.8 Å². The van der Waals surface area contributed by atoms with Crippen molar-refractivity contribution in [3.05, 3.63) is 89.1 Å². The monoisotopic (exact) mass is 623 g/mol. The number of anilines is 1. The Kier molecular flexibility index (Phi) is 12.7. The third kappa shape index (κ3) is 9.86. The third-order valence-electron chi connectivity index (χ3n) is 7.17. The van der Waals surface area contributed by atoms with Gasteiger partial charge in [-0.2, -0.15) is 0 Å². The second kappa shape index (κ2) is 16.9. The number of hydroxylamine groups is 1. The van der Waals surface area contributed by atoms with Crippen LogP contribution < -0.4 is 10.8 Å². The molecule has 3 aromatic rings. The van der Waals surface area contributed by atoms with Gasteiger partial charge in [0, 0.05) is 42.5 Å². The molecule has 0 aliphatic carbocycles. The zero-order chi connectivity index (χ0) is 31.3. The van der Waals surface area contributed by atoms with Gasteiger partial charge in [-0.15, -0.1) is 11.8 Å². The van der Waals surface area contributed by atoms with Gasteiger partial charge in [-0.25, -0.2) is 15.3 Å². The number of nitrogens with one attached hydrogen (secondary N) is 2. The number of pyridine rings is 1. The molecule has 0 unspecified atom stereocenters. The van der Waals surface area contributed by atoms with Crippen molar-refractivity contribution in [2.24, 2.45) is 0 Å². The van der Waals surface area contributed by atoms with E-state index >= 15 is 0 Å². The maximum atomic E-state index is 12.4. The van der Waals surface area contributed by atoms with E-state index in [1.807, 2.05) is 36.4 Å². The number of aliphatic hydroxyl groups is 1. The summed E-state index contributed by atoms with van der Waals surface area (Å²) in [5.41, 5.74) is 4.90. The molecule has 234 valence electrons. The average molecular weight is 624 g/mol. The first-order valence-corrected chi connectivity index (χ1v) is 15.5. The molecule has 5 N–H and O–H groups in total. The van der Waals surface area contributed by atoms with Gasteiger partial charge in [0.1, 0.15) is 5.03 Å². The summed E-state index contributed by atoms with van der Waals surface area (Å²) in [5.74, 6) is -1.08. The van der Waals surface area contributed by atoms with Crippen molar-refractivity contribution in [2.75, 3.05) is 11.1 Å². The lowest BCUT2D eigenvalue weighted by molar-refractivity contribution is -0.245. The van der Waals surface area contributed by atoms with Gasteiger partial charge >= 0.3 is 5.97 Å². The van der Waals surface area contributed by atoms with Crippen LogP contribution in [0.1, 0.15) is 84.4 Å². The van der Waals surface area contributed by atoms with E-state index in [1.54, 1.807) is 29.9 Å². The van der Waals surface area contributed by atoms with Gasteiger partial charge < -0.3 is 25.0 Å². The minimum atomic E-state index is -1.04. The highest BCUT2D eigenvalue weighted by Gasteiger charge is 2.32. The van der Waals surface area contributed by atoms with E-state index in [2.05, 4.69) is 10.3 Å². The molecule has 0 bridgehead atoms. The summed E-state index contributed by atoms with van der Waals surface area (Å²) in [6.45, 7) is -0.0544. The first-order chi connectivity index (χ1) is 21.4. The minimum absolute atomic E-state index is 0.0544. The van der Waals surface area contributed by atoms with Crippen LogP contribution in [0, 0.1) is 0 Å². The Hall–Kier alpha value is -3.81. The number of hydrogen-bond acceptors (Lipinski definition) is 9. The molecule has 11 nitrogen and oxygen atoms in total. The van der Waals surface area contributed by atoms with Crippen LogP contribution >= 0.6 is 11.8 Å². The minimum Gasteiger partial charge on any atom is -0.478 e. The van der Waals surface area contributed by atoms with E-state index in [1.165, 1.54) is 17.8 Å². The van der Waals surface area contributed by atoms with Crippen LogP contribution in [0.25, 0.3) is 0 Å². The summed E-state index contributed by atoms with van der Waals surface area (Å²) in [5, 5.41) is 30.8. The number of carboxylic acids is 1. The van der Waals surface area contributed by atoms with Gasteiger partial charge in [0.15, 0.2) is 6.29 Å². The van der Waals surface area contributed by atoms with E-state index in [0.29, 0.717) is 42.1 Å². The molecule has 1 fully saturated rings. The van der Waals surface area contributed by atoms with Crippen LogP contribution in [0.3, 0.4) is 0 Å². The Balaban J connectivity index is 1.37. The summed E-state index contributed by atoms with van der Waals surface area (Å²) >= 11 is 1.32. The van der Waals surface area contributed by atoms with Gasteiger partial charge in [0.05, 0.1) is 24.4 Å². The molecule has 12 heteroatoms. The molecule has 0 radical (unpaired) electrons. The molecule has 1 saturated heterocycles. The van der Waals surface area contributed by atoms with E-state index in [9.17, 15) is 24.6 Å². The maximum Gasteiger partial charge on any atom is 0.338 e. The van der Waals surface area contributed by atoms with Gasteiger partial charge in [0.25, 0.3) is 0 Å². The molecule has 0 saturated carbocycles. The van der Waals surface area contributed by atoms with Crippen molar-refractivity contribution < 1.29 is 39.3 Å². The lowest BCUT2D eigenvalue weighted by Gasteiger charge is -2.36. The molecule has 3 atom stereocenters. The van der Waals surface area contributed by atoms with Crippen molar-refractivity contribution in [1.29, 1.82) is 0 Å². The highest BCUT2D eigenvalue weighted by atomic mass is 32.2. The average Bonchev–Trinajstić information content (AvgIpc) is 3.05. The molecule has 2 amide bonds. The number of carbonyl (C=O) groups is 3. The van der Waals surface area contributed by atoms with Crippen molar-refractivity contribution in [3.63, 3.8) is 0 Å². The van der Waals surface area contributed by atoms with Crippen molar-refractivity contribution >= 4 is 35.2 Å². The zero-order valence-corrected chi connectivity index (χ0v) is 25.0. The third-order valence-corrected chi connectivity index (χ3v) is 8.31. The number of ether oxygens (including phenoxy) is 2. The van der Waals surface area contributed by atoms with Crippen LogP contribution in [-0.2, 0) is 25.7 Å². The summed E-state index contributed by atoms with van der Waals surface area (Å²) in [7, 11) is 0. The van der Waals surface area contributed by atoms with Gasteiger partial charge in [-0.1, -0.05) is 49.2 Å².